The number of aromatic nitrogens is 1. The SMILES string of the molecule is Nc1cnc(Nc2ccc3sccc3c2)s1. The van der Waals surface area contributed by atoms with Crippen molar-refractivity contribution in [3.05, 3.63) is 35.8 Å². The van der Waals surface area contributed by atoms with Crippen molar-refractivity contribution in [3.8, 4) is 0 Å². The van der Waals surface area contributed by atoms with E-state index in [1.54, 1.807) is 17.5 Å². The Labute approximate surface area is 101 Å². The van der Waals surface area contributed by atoms with Gasteiger partial charge < -0.3 is 11.1 Å². The smallest absolute Gasteiger partial charge is 0.189 e. The molecule has 0 atom stereocenters. The first-order chi connectivity index (χ1) is 7.81. The standard InChI is InChI=1S/C11H9N3S2/c12-10-6-13-11(16-10)14-8-1-2-9-7(5-8)3-4-15-9/h1-6H,12H2,(H,13,14). The summed E-state index contributed by atoms with van der Waals surface area (Å²) in [6.07, 6.45) is 1.66. The van der Waals surface area contributed by atoms with Crippen molar-refractivity contribution < 1.29 is 0 Å². The molecule has 0 spiro atoms. The summed E-state index contributed by atoms with van der Waals surface area (Å²) in [6, 6.07) is 8.39. The zero-order valence-corrected chi connectivity index (χ0v) is 9.94. The van der Waals surface area contributed by atoms with Gasteiger partial charge in [-0.3, -0.25) is 0 Å². The van der Waals surface area contributed by atoms with Crippen LogP contribution in [-0.2, 0) is 0 Å². The predicted molar refractivity (Wildman–Crippen MR) is 71.6 cm³/mol. The molecule has 0 saturated heterocycles. The quantitative estimate of drug-likeness (QED) is 0.726. The van der Waals surface area contributed by atoms with Gasteiger partial charge in [-0.1, -0.05) is 11.3 Å². The molecule has 0 unspecified atom stereocenters. The number of nitrogens with one attached hydrogen (secondary N) is 1. The Morgan fingerprint density at radius 1 is 1.25 bits per heavy atom. The second-order valence-corrected chi connectivity index (χ2v) is 5.38. The number of benzene rings is 1. The molecule has 2 aromatic heterocycles. The molecule has 0 amide bonds. The van der Waals surface area contributed by atoms with Crippen LogP contribution in [0.2, 0.25) is 0 Å². The number of nitrogen functional groups attached to an aromatic ring is 1. The first-order valence-electron chi connectivity index (χ1n) is 4.77. The molecule has 0 aliphatic heterocycles. The van der Waals surface area contributed by atoms with E-state index < -0.39 is 0 Å². The maximum Gasteiger partial charge on any atom is 0.189 e. The highest BCUT2D eigenvalue weighted by atomic mass is 32.1. The molecule has 2 heterocycles. The van der Waals surface area contributed by atoms with Crippen molar-refractivity contribution in [2.75, 3.05) is 11.1 Å². The summed E-state index contributed by atoms with van der Waals surface area (Å²) in [7, 11) is 0. The first kappa shape index (κ1) is 9.62. The van der Waals surface area contributed by atoms with E-state index in [2.05, 4.69) is 39.9 Å². The minimum Gasteiger partial charge on any atom is -0.389 e. The average Bonchev–Trinajstić information content (AvgIpc) is 2.87. The van der Waals surface area contributed by atoms with E-state index in [9.17, 15) is 0 Å². The summed E-state index contributed by atoms with van der Waals surface area (Å²) in [6.45, 7) is 0. The Morgan fingerprint density at radius 3 is 3.00 bits per heavy atom. The Balaban J connectivity index is 1.94. The van der Waals surface area contributed by atoms with Gasteiger partial charge in [0.15, 0.2) is 5.13 Å². The normalized spacial score (nSPS) is 10.8. The van der Waals surface area contributed by atoms with Gasteiger partial charge in [-0.2, -0.15) is 0 Å². The number of fused-ring (bicyclic) bond motifs is 1. The highest BCUT2D eigenvalue weighted by Gasteiger charge is 2.01. The minimum atomic E-state index is 0.721. The molecule has 5 heteroatoms. The molecule has 0 aliphatic rings. The topological polar surface area (TPSA) is 50.9 Å². The van der Waals surface area contributed by atoms with E-state index in [-0.39, 0.29) is 0 Å². The fourth-order valence-electron chi connectivity index (χ4n) is 1.51. The van der Waals surface area contributed by atoms with Crippen molar-refractivity contribution in [1.29, 1.82) is 0 Å². The van der Waals surface area contributed by atoms with Gasteiger partial charge in [-0.25, -0.2) is 4.98 Å². The lowest BCUT2D eigenvalue weighted by atomic mass is 10.2. The monoisotopic (exact) mass is 247 g/mol. The molecule has 0 aliphatic carbocycles. The van der Waals surface area contributed by atoms with Gasteiger partial charge in [-0.15, -0.1) is 11.3 Å². The molecular formula is C11H9N3S2. The van der Waals surface area contributed by atoms with Crippen molar-refractivity contribution >= 4 is 48.6 Å². The van der Waals surface area contributed by atoms with Gasteiger partial charge in [0, 0.05) is 10.4 Å². The van der Waals surface area contributed by atoms with Crippen LogP contribution in [0.1, 0.15) is 0 Å². The van der Waals surface area contributed by atoms with Crippen LogP contribution in [0.15, 0.2) is 35.8 Å². The van der Waals surface area contributed by atoms with Crippen LogP contribution in [0.4, 0.5) is 15.8 Å². The third-order valence-electron chi connectivity index (χ3n) is 2.23. The third-order valence-corrected chi connectivity index (χ3v) is 3.87. The lowest BCUT2D eigenvalue weighted by Crippen LogP contribution is -1.87. The molecule has 80 valence electrons. The molecule has 0 fully saturated rings. The van der Waals surface area contributed by atoms with Crippen molar-refractivity contribution in [1.82, 2.24) is 4.98 Å². The molecule has 3 nitrogen and oxygen atoms in total. The second-order valence-electron chi connectivity index (χ2n) is 3.37. The summed E-state index contributed by atoms with van der Waals surface area (Å²) in [5.74, 6) is 0. The zero-order chi connectivity index (χ0) is 11.0. The van der Waals surface area contributed by atoms with E-state index in [4.69, 9.17) is 5.73 Å². The molecule has 0 radical (unpaired) electrons. The molecular weight excluding hydrogens is 238 g/mol. The van der Waals surface area contributed by atoms with Crippen LogP contribution in [-0.4, -0.2) is 4.98 Å². The largest absolute Gasteiger partial charge is 0.389 e. The number of anilines is 3. The first-order valence-corrected chi connectivity index (χ1v) is 6.46. The predicted octanol–water partition coefficient (Wildman–Crippen LogP) is 3.68. The Bertz CT molecular complexity index is 627. The fourth-order valence-corrected chi connectivity index (χ4v) is 2.89. The number of hydrogen-bond donors (Lipinski definition) is 2. The molecule has 0 bridgehead atoms. The number of nitrogens with zero attached hydrogens (tertiary/aromatic N) is 1. The molecule has 3 rings (SSSR count). The lowest BCUT2D eigenvalue weighted by Gasteiger charge is -2.01. The third kappa shape index (κ3) is 1.75. The molecule has 16 heavy (non-hydrogen) atoms. The van der Waals surface area contributed by atoms with Gasteiger partial charge in [0.1, 0.15) is 5.00 Å². The zero-order valence-electron chi connectivity index (χ0n) is 8.31. The summed E-state index contributed by atoms with van der Waals surface area (Å²) >= 11 is 3.19. The Kier molecular flexibility index (Phi) is 2.27. The minimum absolute atomic E-state index is 0.721. The highest BCUT2D eigenvalue weighted by molar-refractivity contribution is 7.19. The molecule has 1 aromatic carbocycles. The summed E-state index contributed by atoms with van der Waals surface area (Å²) < 4.78 is 1.30. The summed E-state index contributed by atoms with van der Waals surface area (Å²) in [5.41, 5.74) is 6.67. The number of nitrogens with two attached hydrogens (primary N) is 1. The highest BCUT2D eigenvalue weighted by Crippen LogP contribution is 2.28. The lowest BCUT2D eigenvalue weighted by molar-refractivity contribution is 1.39. The van der Waals surface area contributed by atoms with Gasteiger partial charge in [0.2, 0.25) is 0 Å². The van der Waals surface area contributed by atoms with E-state index in [0.717, 1.165) is 15.8 Å². The van der Waals surface area contributed by atoms with Crippen LogP contribution >= 0.6 is 22.7 Å². The van der Waals surface area contributed by atoms with Gasteiger partial charge in [0.25, 0.3) is 0 Å². The van der Waals surface area contributed by atoms with Crippen LogP contribution < -0.4 is 11.1 Å². The second kappa shape index (κ2) is 3.77. The van der Waals surface area contributed by atoms with Crippen LogP contribution in [0.25, 0.3) is 10.1 Å². The maximum atomic E-state index is 5.62. The molecule has 3 aromatic rings. The number of hydrogen-bond acceptors (Lipinski definition) is 5. The van der Waals surface area contributed by atoms with Crippen LogP contribution in [0.3, 0.4) is 0 Å². The fraction of sp³-hybridized carbons (Fsp3) is 0. The van der Waals surface area contributed by atoms with Crippen LogP contribution in [0, 0.1) is 0 Å². The van der Waals surface area contributed by atoms with E-state index in [1.807, 2.05) is 0 Å². The number of thiazole rings is 1. The van der Waals surface area contributed by atoms with Crippen molar-refractivity contribution in [3.63, 3.8) is 0 Å². The average molecular weight is 247 g/mol. The van der Waals surface area contributed by atoms with Gasteiger partial charge >= 0.3 is 0 Å². The summed E-state index contributed by atoms with van der Waals surface area (Å²) in [5, 5.41) is 8.13. The van der Waals surface area contributed by atoms with Crippen molar-refractivity contribution in [2.45, 2.75) is 0 Å². The van der Waals surface area contributed by atoms with Gasteiger partial charge in [-0.05, 0) is 35.0 Å². The van der Waals surface area contributed by atoms with E-state index in [1.165, 1.54) is 21.4 Å². The van der Waals surface area contributed by atoms with Crippen LogP contribution in [0.5, 0.6) is 0 Å². The van der Waals surface area contributed by atoms with E-state index >= 15 is 0 Å². The Morgan fingerprint density at radius 2 is 2.19 bits per heavy atom. The Hall–Kier alpha value is -1.59. The van der Waals surface area contributed by atoms with Crippen molar-refractivity contribution in [2.24, 2.45) is 0 Å². The molecule has 3 N–H and O–H groups in total. The molecule has 0 saturated carbocycles. The van der Waals surface area contributed by atoms with E-state index in [0.29, 0.717) is 0 Å². The summed E-state index contributed by atoms with van der Waals surface area (Å²) in [4.78, 5) is 4.16. The maximum absolute atomic E-state index is 5.62. The number of thiophene rings is 1. The number of rotatable bonds is 2. The van der Waals surface area contributed by atoms with Gasteiger partial charge in [0.05, 0.1) is 6.20 Å².